The highest BCUT2D eigenvalue weighted by molar-refractivity contribution is 5.78. The molecule has 3 N–H and O–H groups in total. The number of aldehydes is 1. The zero-order valence-electron chi connectivity index (χ0n) is 8.32. The van der Waals surface area contributed by atoms with Gasteiger partial charge in [-0.1, -0.05) is 26.0 Å². The first-order chi connectivity index (χ1) is 6.34. The Balaban J connectivity index is 0. The van der Waals surface area contributed by atoms with Crippen molar-refractivity contribution in [3.63, 3.8) is 0 Å². The Morgan fingerprint density at radius 3 is 2.00 bits per heavy atom. The first-order valence-corrected chi connectivity index (χ1v) is 4.15. The van der Waals surface area contributed by atoms with E-state index in [-0.39, 0.29) is 5.75 Å². The van der Waals surface area contributed by atoms with Gasteiger partial charge in [0.25, 0.3) is 0 Å². The van der Waals surface area contributed by atoms with Crippen molar-refractivity contribution in [2.75, 3.05) is 7.05 Å². The summed E-state index contributed by atoms with van der Waals surface area (Å²) in [6.07, 6.45) is 0.620. The van der Waals surface area contributed by atoms with Crippen LogP contribution in [0.15, 0.2) is 24.3 Å². The van der Waals surface area contributed by atoms with Crippen LogP contribution in [0.2, 0.25) is 0 Å². The molecule has 0 aliphatic carbocycles. The van der Waals surface area contributed by atoms with E-state index in [1.165, 1.54) is 13.1 Å². The lowest BCUT2D eigenvalue weighted by molar-refractivity contribution is 0.112. The molecule has 0 amide bonds. The van der Waals surface area contributed by atoms with Crippen molar-refractivity contribution < 1.29 is 9.90 Å². The van der Waals surface area contributed by atoms with Crippen molar-refractivity contribution in [1.82, 2.24) is 0 Å². The zero-order chi connectivity index (χ0) is 10.7. The Bertz CT molecular complexity index is 224. The van der Waals surface area contributed by atoms with Crippen molar-refractivity contribution in [3.05, 3.63) is 29.8 Å². The van der Waals surface area contributed by atoms with Crippen molar-refractivity contribution in [1.29, 1.82) is 0 Å². The lowest BCUT2D eigenvalue weighted by Gasteiger charge is -1.91. The number of phenols is 1. The molecule has 3 nitrogen and oxygen atoms in total. The highest BCUT2D eigenvalue weighted by Crippen LogP contribution is 2.11. The van der Waals surface area contributed by atoms with Gasteiger partial charge in [-0.15, -0.1) is 0 Å². The number of aromatic hydroxyl groups is 1. The van der Waals surface area contributed by atoms with E-state index in [2.05, 4.69) is 5.73 Å². The Labute approximate surface area is 79.2 Å². The summed E-state index contributed by atoms with van der Waals surface area (Å²) >= 11 is 0. The molecule has 3 heteroatoms. The molecular formula is C10H17NO2. The van der Waals surface area contributed by atoms with E-state index >= 15 is 0 Å². The SMILES string of the molecule is CC.CN.O=Cc1ccccc1O. The average molecular weight is 183 g/mol. The number of rotatable bonds is 1. The van der Waals surface area contributed by atoms with Gasteiger partial charge in [0.15, 0.2) is 6.29 Å². The van der Waals surface area contributed by atoms with E-state index in [9.17, 15) is 4.79 Å². The summed E-state index contributed by atoms with van der Waals surface area (Å²) in [7, 11) is 1.50. The van der Waals surface area contributed by atoms with Crippen molar-refractivity contribution in [2.45, 2.75) is 13.8 Å². The van der Waals surface area contributed by atoms with Gasteiger partial charge in [-0.3, -0.25) is 4.79 Å². The number of phenolic OH excluding ortho intramolecular Hbond substituents is 1. The molecule has 0 bridgehead atoms. The van der Waals surface area contributed by atoms with E-state index in [0.29, 0.717) is 11.8 Å². The maximum Gasteiger partial charge on any atom is 0.153 e. The molecule has 1 rings (SSSR count). The smallest absolute Gasteiger partial charge is 0.153 e. The van der Waals surface area contributed by atoms with Crippen LogP contribution in [-0.4, -0.2) is 18.4 Å². The second-order valence-electron chi connectivity index (χ2n) is 1.68. The highest BCUT2D eigenvalue weighted by Gasteiger charge is 1.93. The fourth-order valence-electron chi connectivity index (χ4n) is 0.587. The third-order valence-corrected chi connectivity index (χ3v) is 1.06. The minimum absolute atomic E-state index is 0.0347. The van der Waals surface area contributed by atoms with Crippen LogP contribution in [0.25, 0.3) is 0 Å². The predicted octanol–water partition coefficient (Wildman–Crippen LogP) is 1.81. The molecular weight excluding hydrogens is 166 g/mol. The quantitative estimate of drug-likeness (QED) is 0.652. The third kappa shape index (κ3) is 5.87. The van der Waals surface area contributed by atoms with Crippen LogP contribution in [0, 0.1) is 0 Å². The van der Waals surface area contributed by atoms with Crippen molar-refractivity contribution in [2.24, 2.45) is 5.73 Å². The minimum atomic E-state index is 0.0347. The summed E-state index contributed by atoms with van der Waals surface area (Å²) in [6, 6.07) is 6.40. The van der Waals surface area contributed by atoms with Crippen LogP contribution < -0.4 is 5.73 Å². The maximum absolute atomic E-state index is 10.1. The molecule has 0 aliphatic heterocycles. The Hall–Kier alpha value is -1.35. The molecule has 0 heterocycles. The standard InChI is InChI=1S/C7H6O2.C2H6.CH5N/c8-5-6-3-1-2-4-7(6)9;2*1-2/h1-5,9H;1-2H3;2H2,1H3. The van der Waals surface area contributed by atoms with E-state index < -0.39 is 0 Å². The van der Waals surface area contributed by atoms with Gasteiger partial charge in [0.05, 0.1) is 5.56 Å². The monoisotopic (exact) mass is 183 g/mol. The van der Waals surface area contributed by atoms with Gasteiger partial charge in [-0.2, -0.15) is 0 Å². The van der Waals surface area contributed by atoms with Gasteiger partial charge < -0.3 is 10.8 Å². The Morgan fingerprint density at radius 2 is 1.69 bits per heavy atom. The normalized spacial score (nSPS) is 7.08. The van der Waals surface area contributed by atoms with Gasteiger partial charge in [-0.25, -0.2) is 0 Å². The molecule has 0 saturated carbocycles. The minimum Gasteiger partial charge on any atom is -0.507 e. The topological polar surface area (TPSA) is 63.3 Å². The number of carbonyl (C=O) groups is 1. The average Bonchev–Trinajstić information content (AvgIpc) is 2.24. The molecule has 0 atom stereocenters. The second-order valence-corrected chi connectivity index (χ2v) is 1.68. The van der Waals surface area contributed by atoms with Gasteiger partial charge in [0.1, 0.15) is 5.75 Å². The van der Waals surface area contributed by atoms with Gasteiger partial charge >= 0.3 is 0 Å². The molecule has 13 heavy (non-hydrogen) atoms. The number of benzene rings is 1. The number of hydrogen-bond donors (Lipinski definition) is 2. The van der Waals surface area contributed by atoms with E-state index in [1.54, 1.807) is 18.2 Å². The lowest BCUT2D eigenvalue weighted by atomic mass is 10.2. The number of carbonyl (C=O) groups excluding carboxylic acids is 1. The second kappa shape index (κ2) is 10.7. The Morgan fingerprint density at radius 1 is 1.23 bits per heavy atom. The van der Waals surface area contributed by atoms with Crippen molar-refractivity contribution in [3.8, 4) is 5.75 Å². The molecule has 0 unspecified atom stereocenters. The van der Waals surface area contributed by atoms with Gasteiger partial charge in [-0.05, 0) is 19.2 Å². The van der Waals surface area contributed by atoms with Gasteiger partial charge in [0.2, 0.25) is 0 Å². The summed E-state index contributed by atoms with van der Waals surface area (Å²) in [4.78, 5) is 10.1. The number of nitrogens with two attached hydrogens (primary N) is 1. The van der Waals surface area contributed by atoms with E-state index in [4.69, 9.17) is 5.11 Å². The van der Waals surface area contributed by atoms with Crippen LogP contribution in [0.1, 0.15) is 24.2 Å². The zero-order valence-corrected chi connectivity index (χ0v) is 8.32. The Kier molecular flexibility index (Phi) is 11.6. The van der Waals surface area contributed by atoms with Crippen LogP contribution in [0.4, 0.5) is 0 Å². The molecule has 1 aromatic rings. The summed E-state index contributed by atoms with van der Waals surface area (Å²) < 4.78 is 0. The number of hydrogen-bond acceptors (Lipinski definition) is 3. The first kappa shape index (κ1) is 14.2. The highest BCUT2D eigenvalue weighted by atomic mass is 16.3. The summed E-state index contributed by atoms with van der Waals surface area (Å²) in [6.45, 7) is 4.00. The molecule has 0 spiro atoms. The lowest BCUT2D eigenvalue weighted by Crippen LogP contribution is -1.77. The number of para-hydroxylation sites is 1. The van der Waals surface area contributed by atoms with Crippen LogP contribution in [-0.2, 0) is 0 Å². The fourth-order valence-corrected chi connectivity index (χ4v) is 0.587. The molecule has 74 valence electrons. The van der Waals surface area contributed by atoms with Crippen LogP contribution >= 0.6 is 0 Å². The van der Waals surface area contributed by atoms with Crippen molar-refractivity contribution >= 4 is 6.29 Å². The van der Waals surface area contributed by atoms with E-state index in [0.717, 1.165) is 0 Å². The third-order valence-electron chi connectivity index (χ3n) is 1.06. The van der Waals surface area contributed by atoms with Crippen LogP contribution in [0.5, 0.6) is 5.75 Å². The largest absolute Gasteiger partial charge is 0.507 e. The van der Waals surface area contributed by atoms with E-state index in [1.807, 2.05) is 13.8 Å². The first-order valence-electron chi connectivity index (χ1n) is 4.15. The van der Waals surface area contributed by atoms with Gasteiger partial charge in [0, 0.05) is 0 Å². The molecule has 0 saturated heterocycles. The van der Waals surface area contributed by atoms with Crippen LogP contribution in [0.3, 0.4) is 0 Å². The molecule has 1 aromatic carbocycles. The molecule has 0 fully saturated rings. The summed E-state index contributed by atoms with van der Waals surface area (Å²) in [5.41, 5.74) is 4.83. The summed E-state index contributed by atoms with van der Waals surface area (Å²) in [5, 5.41) is 8.88. The molecule has 0 aromatic heterocycles. The molecule has 0 radical (unpaired) electrons. The fraction of sp³-hybridized carbons (Fsp3) is 0.300. The maximum atomic E-state index is 10.1. The summed E-state index contributed by atoms with van der Waals surface area (Å²) in [5.74, 6) is 0.0347. The molecule has 0 aliphatic rings. The predicted molar refractivity (Wildman–Crippen MR) is 55.0 cm³/mol.